The van der Waals surface area contributed by atoms with E-state index >= 15 is 0 Å². The maximum atomic E-state index is 12.2. The Bertz CT molecular complexity index is 580. The third-order valence-electron chi connectivity index (χ3n) is 4.81. The Morgan fingerprint density at radius 3 is 2.62 bits per heavy atom. The van der Waals surface area contributed by atoms with E-state index in [-0.39, 0.29) is 6.03 Å². The van der Waals surface area contributed by atoms with Crippen LogP contribution in [0, 0.1) is 11.3 Å². The second kappa shape index (κ2) is 8.13. The smallest absolute Gasteiger partial charge is 0.317 e. The topological polar surface area (TPSA) is 71.4 Å². The molecule has 2 fully saturated rings. The van der Waals surface area contributed by atoms with Crippen molar-refractivity contribution in [3.05, 3.63) is 35.4 Å². The third kappa shape index (κ3) is 4.47. The summed E-state index contributed by atoms with van der Waals surface area (Å²) in [4.78, 5) is 16.5. The Morgan fingerprint density at radius 1 is 1.25 bits per heavy atom. The number of hydrogen-bond acceptors (Lipinski definition) is 4. The zero-order valence-corrected chi connectivity index (χ0v) is 14.0. The van der Waals surface area contributed by atoms with Crippen LogP contribution in [-0.2, 0) is 6.54 Å². The lowest BCUT2D eigenvalue weighted by molar-refractivity contribution is 0.135. The van der Waals surface area contributed by atoms with E-state index in [0.29, 0.717) is 11.6 Å². The van der Waals surface area contributed by atoms with E-state index in [4.69, 9.17) is 5.26 Å². The summed E-state index contributed by atoms with van der Waals surface area (Å²) in [6, 6.07) is 10.4. The van der Waals surface area contributed by atoms with E-state index in [2.05, 4.69) is 21.6 Å². The van der Waals surface area contributed by atoms with Gasteiger partial charge in [0.15, 0.2) is 0 Å². The third-order valence-corrected chi connectivity index (χ3v) is 4.81. The van der Waals surface area contributed by atoms with Gasteiger partial charge in [-0.1, -0.05) is 12.1 Å². The molecule has 2 N–H and O–H groups in total. The number of carbonyl (C=O) groups excluding carboxylic acids is 1. The molecule has 1 atom stereocenters. The molecule has 2 heterocycles. The van der Waals surface area contributed by atoms with Gasteiger partial charge in [-0.25, -0.2) is 4.79 Å². The van der Waals surface area contributed by atoms with Crippen molar-refractivity contribution in [1.29, 1.82) is 5.26 Å². The summed E-state index contributed by atoms with van der Waals surface area (Å²) in [5.41, 5.74) is 1.90. The summed E-state index contributed by atoms with van der Waals surface area (Å²) in [6.07, 6.45) is 2.35. The lowest BCUT2D eigenvalue weighted by Crippen LogP contribution is -2.52. The summed E-state index contributed by atoms with van der Waals surface area (Å²) in [5, 5.41) is 15.3. The van der Waals surface area contributed by atoms with Gasteiger partial charge in [0.25, 0.3) is 0 Å². The molecule has 0 bridgehead atoms. The quantitative estimate of drug-likeness (QED) is 0.870. The predicted octanol–water partition coefficient (Wildman–Crippen LogP) is 1.14. The number of nitrogens with zero attached hydrogens (tertiary/aromatic N) is 3. The van der Waals surface area contributed by atoms with Gasteiger partial charge in [-0.2, -0.15) is 5.26 Å². The Balaban J connectivity index is 1.39. The first-order valence-electron chi connectivity index (χ1n) is 8.72. The van der Waals surface area contributed by atoms with Crippen molar-refractivity contribution in [3.63, 3.8) is 0 Å². The van der Waals surface area contributed by atoms with Gasteiger partial charge in [-0.3, -0.25) is 4.90 Å². The lowest BCUT2D eigenvalue weighted by atomic mass is 10.1. The summed E-state index contributed by atoms with van der Waals surface area (Å²) in [6.45, 7) is 5.95. The van der Waals surface area contributed by atoms with E-state index in [1.54, 1.807) is 0 Å². The van der Waals surface area contributed by atoms with Crippen molar-refractivity contribution >= 4 is 6.03 Å². The van der Waals surface area contributed by atoms with Crippen LogP contribution in [0.2, 0.25) is 0 Å². The highest BCUT2D eigenvalue weighted by atomic mass is 16.2. The first-order chi connectivity index (χ1) is 11.7. The molecule has 1 aromatic rings. The van der Waals surface area contributed by atoms with Crippen LogP contribution in [0.25, 0.3) is 0 Å². The van der Waals surface area contributed by atoms with Gasteiger partial charge in [0.2, 0.25) is 0 Å². The van der Waals surface area contributed by atoms with Crippen LogP contribution < -0.4 is 10.6 Å². The average molecular weight is 327 g/mol. The van der Waals surface area contributed by atoms with Crippen LogP contribution >= 0.6 is 0 Å². The van der Waals surface area contributed by atoms with Crippen LogP contribution in [0.4, 0.5) is 4.79 Å². The number of amides is 2. The average Bonchev–Trinajstić information content (AvgIpc) is 3.14. The molecule has 3 rings (SSSR count). The maximum Gasteiger partial charge on any atom is 0.317 e. The first kappa shape index (κ1) is 16.7. The minimum absolute atomic E-state index is 0.0572. The van der Waals surface area contributed by atoms with Crippen LogP contribution in [0.15, 0.2) is 24.3 Å². The summed E-state index contributed by atoms with van der Waals surface area (Å²) in [7, 11) is 0. The molecule has 6 heteroatoms. The van der Waals surface area contributed by atoms with Crippen molar-refractivity contribution in [3.8, 4) is 6.07 Å². The van der Waals surface area contributed by atoms with Crippen LogP contribution in [0.1, 0.15) is 24.0 Å². The SMILES string of the molecule is N#Cc1ccc(CN2CCN(C(=O)NCC3CCCN3)CC2)cc1. The minimum atomic E-state index is 0.0572. The number of carbonyl (C=O) groups is 1. The number of nitriles is 1. The largest absolute Gasteiger partial charge is 0.336 e. The van der Waals surface area contributed by atoms with Crippen molar-refractivity contribution in [2.24, 2.45) is 0 Å². The molecular formula is C18H25N5O. The molecule has 2 aliphatic rings. The van der Waals surface area contributed by atoms with Gasteiger partial charge < -0.3 is 15.5 Å². The Kier molecular flexibility index (Phi) is 5.68. The fraction of sp³-hybridized carbons (Fsp3) is 0.556. The van der Waals surface area contributed by atoms with Gasteiger partial charge >= 0.3 is 6.03 Å². The molecule has 0 aliphatic carbocycles. The van der Waals surface area contributed by atoms with Crippen molar-refractivity contribution in [2.75, 3.05) is 39.3 Å². The Labute approximate surface area is 143 Å². The van der Waals surface area contributed by atoms with Crippen LogP contribution in [-0.4, -0.2) is 61.1 Å². The number of rotatable bonds is 4. The van der Waals surface area contributed by atoms with Crippen molar-refractivity contribution < 1.29 is 4.79 Å². The molecule has 24 heavy (non-hydrogen) atoms. The summed E-state index contributed by atoms with van der Waals surface area (Å²) < 4.78 is 0. The lowest BCUT2D eigenvalue weighted by Gasteiger charge is -2.35. The molecule has 1 unspecified atom stereocenters. The molecule has 0 aromatic heterocycles. The number of piperazine rings is 1. The molecule has 0 saturated carbocycles. The number of urea groups is 1. The Hall–Kier alpha value is -2.10. The molecule has 2 aliphatic heterocycles. The van der Waals surface area contributed by atoms with E-state index < -0.39 is 0 Å². The highest BCUT2D eigenvalue weighted by Gasteiger charge is 2.22. The molecule has 0 radical (unpaired) electrons. The number of benzene rings is 1. The summed E-state index contributed by atoms with van der Waals surface area (Å²) in [5.74, 6) is 0. The van der Waals surface area contributed by atoms with Gasteiger partial charge in [0, 0.05) is 45.3 Å². The van der Waals surface area contributed by atoms with Crippen molar-refractivity contribution in [2.45, 2.75) is 25.4 Å². The monoisotopic (exact) mass is 327 g/mol. The zero-order chi connectivity index (χ0) is 16.8. The fourth-order valence-corrected chi connectivity index (χ4v) is 3.31. The van der Waals surface area contributed by atoms with E-state index in [0.717, 1.165) is 52.2 Å². The normalized spacial score (nSPS) is 21.5. The molecule has 2 amide bonds. The molecular weight excluding hydrogens is 302 g/mol. The highest BCUT2D eigenvalue weighted by molar-refractivity contribution is 5.74. The Morgan fingerprint density at radius 2 is 2.00 bits per heavy atom. The predicted molar refractivity (Wildman–Crippen MR) is 92.4 cm³/mol. The zero-order valence-electron chi connectivity index (χ0n) is 14.0. The van der Waals surface area contributed by atoms with Crippen LogP contribution in [0.5, 0.6) is 0 Å². The first-order valence-corrected chi connectivity index (χ1v) is 8.72. The van der Waals surface area contributed by atoms with E-state index in [1.807, 2.05) is 29.2 Å². The maximum absolute atomic E-state index is 12.2. The summed E-state index contributed by atoms with van der Waals surface area (Å²) >= 11 is 0. The van der Waals surface area contributed by atoms with Crippen molar-refractivity contribution in [1.82, 2.24) is 20.4 Å². The molecule has 2 saturated heterocycles. The molecule has 0 spiro atoms. The standard InChI is InChI=1S/C18H25N5O/c19-12-15-3-5-16(6-4-15)14-22-8-10-23(11-9-22)18(24)21-13-17-2-1-7-20-17/h3-6,17,20H,1-2,7-11,13-14H2,(H,21,24). The highest BCUT2D eigenvalue weighted by Crippen LogP contribution is 2.10. The van der Waals surface area contributed by atoms with Crippen LogP contribution in [0.3, 0.4) is 0 Å². The fourth-order valence-electron chi connectivity index (χ4n) is 3.31. The van der Waals surface area contributed by atoms with Gasteiger partial charge in [0.1, 0.15) is 0 Å². The van der Waals surface area contributed by atoms with E-state index in [1.165, 1.54) is 12.0 Å². The number of hydrogen-bond donors (Lipinski definition) is 2. The second-order valence-corrected chi connectivity index (χ2v) is 6.55. The van der Waals surface area contributed by atoms with Gasteiger partial charge in [-0.05, 0) is 37.1 Å². The molecule has 128 valence electrons. The van der Waals surface area contributed by atoms with E-state index in [9.17, 15) is 4.79 Å². The number of nitrogens with one attached hydrogen (secondary N) is 2. The van der Waals surface area contributed by atoms with Gasteiger partial charge in [0.05, 0.1) is 11.6 Å². The molecule has 1 aromatic carbocycles. The minimum Gasteiger partial charge on any atom is -0.336 e. The van der Waals surface area contributed by atoms with Gasteiger partial charge in [-0.15, -0.1) is 0 Å². The second-order valence-electron chi connectivity index (χ2n) is 6.55. The molecule has 6 nitrogen and oxygen atoms in total.